The van der Waals surface area contributed by atoms with Gasteiger partial charge in [-0.05, 0) is 59.6 Å². The summed E-state index contributed by atoms with van der Waals surface area (Å²) < 4.78 is 33.9. The third-order valence-corrected chi connectivity index (χ3v) is 10.2. The van der Waals surface area contributed by atoms with Crippen molar-refractivity contribution in [3.63, 3.8) is 0 Å². The van der Waals surface area contributed by atoms with Gasteiger partial charge in [0.2, 0.25) is 5.95 Å². The van der Waals surface area contributed by atoms with E-state index in [1.807, 2.05) is 24.3 Å². The van der Waals surface area contributed by atoms with Crippen LogP contribution in [-0.2, 0) is 6.42 Å². The third kappa shape index (κ3) is 7.39. The van der Waals surface area contributed by atoms with Gasteiger partial charge in [0.15, 0.2) is 28.6 Å². The molecule has 20 heteroatoms. The van der Waals surface area contributed by atoms with Crippen LogP contribution in [0.5, 0.6) is 0 Å². The highest BCUT2D eigenvalue weighted by molar-refractivity contribution is 5.90. The highest BCUT2D eigenvalue weighted by Crippen LogP contribution is 2.37. The number of benzene rings is 3. The Labute approximate surface area is 365 Å². The largest absolute Gasteiger partial charge is 0.380 e. The van der Waals surface area contributed by atoms with E-state index in [1.54, 1.807) is 77.7 Å². The Morgan fingerprint density at radius 3 is 2.06 bits per heavy atom. The molecule has 0 aliphatic carbocycles. The molecule has 18 nitrogen and oxygen atoms in total. The van der Waals surface area contributed by atoms with Crippen molar-refractivity contribution >= 4 is 23.2 Å². The topological polar surface area (TPSA) is 247 Å². The van der Waals surface area contributed by atoms with E-state index in [-0.39, 0.29) is 40.3 Å². The fraction of sp³-hybridized carbons (Fsp3) is 0.0444. The van der Waals surface area contributed by atoms with Gasteiger partial charge in [-0.1, -0.05) is 36.4 Å². The number of aliphatic hydroxyl groups excluding tert-OH is 1. The molecular weight excluding hydrogens is 833 g/mol. The maximum atomic E-state index is 14.9. The third-order valence-electron chi connectivity index (χ3n) is 10.2. The molecule has 1 unspecified atom stereocenters. The molecular formula is C45H28F2N17O+. The van der Waals surface area contributed by atoms with Crippen LogP contribution in [0.4, 0.5) is 20.7 Å². The first-order valence-electron chi connectivity index (χ1n) is 19.6. The molecule has 1 atom stereocenters. The van der Waals surface area contributed by atoms with E-state index >= 15 is 0 Å². The molecule has 4 N–H and O–H groups in total. The number of nitriles is 2. The Hall–Kier alpha value is -9.53. The molecule has 0 aliphatic rings. The van der Waals surface area contributed by atoms with E-state index in [1.165, 1.54) is 23.4 Å². The second-order valence-corrected chi connectivity index (χ2v) is 14.3. The van der Waals surface area contributed by atoms with Gasteiger partial charge in [-0.3, -0.25) is 4.98 Å². The van der Waals surface area contributed by atoms with E-state index < -0.39 is 23.3 Å². The lowest BCUT2D eigenvalue weighted by Gasteiger charge is -2.13. The first-order chi connectivity index (χ1) is 31.8. The van der Waals surface area contributed by atoms with Crippen molar-refractivity contribution in [2.24, 2.45) is 0 Å². The van der Waals surface area contributed by atoms with Crippen LogP contribution in [-0.4, -0.2) is 64.2 Å². The molecule has 0 saturated carbocycles. The predicted octanol–water partition coefficient (Wildman–Crippen LogP) is 5.25. The first kappa shape index (κ1) is 39.6. The van der Waals surface area contributed by atoms with Crippen LogP contribution in [0.3, 0.4) is 0 Å². The lowest BCUT2D eigenvalue weighted by Crippen LogP contribution is -2.43. The van der Waals surface area contributed by atoms with Crippen LogP contribution >= 0.6 is 0 Å². The van der Waals surface area contributed by atoms with Gasteiger partial charge in [-0.2, -0.15) is 25.0 Å². The molecule has 0 saturated heterocycles. The number of nitrogens with two attached hydrogens (primary N) is 1. The van der Waals surface area contributed by atoms with Gasteiger partial charge < -0.3 is 10.8 Å². The molecule has 312 valence electrons. The van der Waals surface area contributed by atoms with Gasteiger partial charge in [-0.25, -0.2) is 38.7 Å². The van der Waals surface area contributed by atoms with Crippen LogP contribution in [0.2, 0.25) is 0 Å². The number of nitrogens with one attached hydrogen (secondary N) is 1. The number of nitrogens with zero attached hydrogens (tertiary/aromatic N) is 15. The highest BCUT2D eigenvalue weighted by atomic mass is 19.1. The summed E-state index contributed by atoms with van der Waals surface area (Å²) in [6.45, 7) is 0. The Morgan fingerprint density at radius 2 is 1.42 bits per heavy atom. The SMILES string of the molecule is N#Cc1cccc(-c2nc(N)n3nc(C(O)c4c(F)cccc4F)nc3c2-c2cc[n+](Nc3nc(-c4cccc(C#N)c4)c(-c4ccncn4)c4nc(Cc5ccccn5)nn34)cn2)c1. The normalized spacial score (nSPS) is 11.6. The molecule has 65 heavy (non-hydrogen) atoms. The van der Waals surface area contributed by atoms with Gasteiger partial charge in [0, 0.05) is 35.3 Å². The summed E-state index contributed by atoms with van der Waals surface area (Å²) in [5.41, 5.74) is 14.4. The predicted molar refractivity (Wildman–Crippen MR) is 227 cm³/mol. The summed E-state index contributed by atoms with van der Waals surface area (Å²) in [7, 11) is 0. The summed E-state index contributed by atoms with van der Waals surface area (Å²) in [6, 6.07) is 30.1. The van der Waals surface area contributed by atoms with E-state index in [9.17, 15) is 24.4 Å². The minimum absolute atomic E-state index is 0.0508. The van der Waals surface area contributed by atoms with E-state index in [0.717, 1.165) is 22.3 Å². The van der Waals surface area contributed by atoms with Crippen molar-refractivity contribution in [2.45, 2.75) is 12.5 Å². The smallest absolute Gasteiger partial charge is 0.310 e. The lowest BCUT2D eigenvalue weighted by molar-refractivity contribution is -0.646. The standard InChI is InChI=1S/C45H27F2N17O/c46-30-11-5-12-31(47)35(30)40(65)41-58-43-37(38(56-44(50)63(43)60-41)27-8-3-6-25(18-27)21-48)33-14-17-62(24-54-33)61-45-57-39(28-9-4-7-26(19-28)22-49)36(32-13-16-51-23-53-32)42-55-34(59-64(42)45)20-29-10-1-2-15-52-29/h1-19,23-24,40,50,65H,20H2,(H,51,53,55,57,59,61)/p+1. The summed E-state index contributed by atoms with van der Waals surface area (Å²) in [5.74, 6) is -1.86. The van der Waals surface area contributed by atoms with Crippen molar-refractivity contribution < 1.29 is 18.6 Å². The van der Waals surface area contributed by atoms with E-state index in [4.69, 9.17) is 25.8 Å². The number of pyridine rings is 1. The van der Waals surface area contributed by atoms with Crippen LogP contribution in [0.15, 0.2) is 128 Å². The van der Waals surface area contributed by atoms with E-state index in [2.05, 4.69) is 47.6 Å². The number of aromatic nitrogens is 13. The van der Waals surface area contributed by atoms with Gasteiger partial charge >= 0.3 is 6.33 Å². The maximum absolute atomic E-state index is 14.9. The number of fused-ring (bicyclic) bond motifs is 2. The van der Waals surface area contributed by atoms with Crippen LogP contribution < -0.4 is 15.8 Å². The number of anilines is 2. The maximum Gasteiger partial charge on any atom is 0.310 e. The Kier molecular flexibility index (Phi) is 9.99. The van der Waals surface area contributed by atoms with Crippen molar-refractivity contribution in [1.29, 1.82) is 10.5 Å². The zero-order chi connectivity index (χ0) is 44.6. The van der Waals surface area contributed by atoms with Gasteiger partial charge in [0.05, 0.1) is 63.5 Å². The Balaban J connectivity index is 1.12. The number of aliphatic hydroxyl groups is 1. The van der Waals surface area contributed by atoms with E-state index in [0.29, 0.717) is 57.1 Å². The monoisotopic (exact) mass is 860 g/mol. The summed E-state index contributed by atoms with van der Waals surface area (Å²) >= 11 is 0. The average molecular weight is 861 g/mol. The molecule has 0 bridgehead atoms. The fourth-order valence-electron chi connectivity index (χ4n) is 7.27. The number of rotatable bonds is 10. The van der Waals surface area contributed by atoms with Gasteiger partial charge in [0.1, 0.15) is 30.3 Å². The second-order valence-electron chi connectivity index (χ2n) is 14.3. The van der Waals surface area contributed by atoms with Crippen molar-refractivity contribution in [1.82, 2.24) is 59.1 Å². The minimum Gasteiger partial charge on any atom is -0.380 e. The van der Waals surface area contributed by atoms with Crippen molar-refractivity contribution in [3.05, 3.63) is 174 Å². The number of hydrogen-bond acceptors (Lipinski definition) is 15. The van der Waals surface area contributed by atoms with Crippen LogP contribution in [0.1, 0.15) is 40.1 Å². The first-order valence-corrected chi connectivity index (χ1v) is 19.6. The molecule has 10 rings (SSSR count). The quantitative estimate of drug-likeness (QED) is 0.149. The second kappa shape index (κ2) is 16.4. The highest BCUT2D eigenvalue weighted by Gasteiger charge is 2.29. The Bertz CT molecular complexity index is 3510. The molecule has 3 aromatic carbocycles. The average Bonchev–Trinajstić information content (AvgIpc) is 3.98. The van der Waals surface area contributed by atoms with Crippen molar-refractivity contribution in [2.75, 3.05) is 11.2 Å². The fourth-order valence-corrected chi connectivity index (χ4v) is 7.27. The molecule has 10 aromatic rings. The van der Waals surface area contributed by atoms with Crippen LogP contribution in [0.25, 0.3) is 56.3 Å². The molecule has 0 spiro atoms. The molecule has 0 amide bonds. The molecule has 0 aliphatic heterocycles. The number of nitrogen functional groups attached to an aromatic ring is 1. The van der Waals surface area contributed by atoms with Gasteiger partial charge in [-0.15, -0.1) is 14.9 Å². The van der Waals surface area contributed by atoms with Crippen LogP contribution in [0, 0.1) is 34.3 Å². The number of hydrogen-bond donors (Lipinski definition) is 3. The summed E-state index contributed by atoms with van der Waals surface area (Å²) in [4.78, 5) is 37.1. The number of halogens is 2. The lowest BCUT2D eigenvalue weighted by atomic mass is 10.0. The molecule has 0 fully saturated rings. The van der Waals surface area contributed by atoms with Crippen molar-refractivity contribution in [3.8, 4) is 57.2 Å². The molecule has 0 radical (unpaired) electrons. The Morgan fingerprint density at radius 1 is 0.723 bits per heavy atom. The molecule has 7 heterocycles. The van der Waals surface area contributed by atoms with Gasteiger partial charge in [0.25, 0.3) is 5.95 Å². The zero-order valence-electron chi connectivity index (χ0n) is 33.4. The zero-order valence-corrected chi connectivity index (χ0v) is 33.4. The molecule has 7 aromatic heterocycles. The summed E-state index contributed by atoms with van der Waals surface area (Å²) in [6.07, 6.45) is 6.19. The minimum atomic E-state index is -1.91. The summed E-state index contributed by atoms with van der Waals surface area (Å²) in [5, 5.41) is 39.9.